The number of nitrogens with two attached hydrogens (primary N) is 1. The quantitative estimate of drug-likeness (QED) is 0.752. The van der Waals surface area contributed by atoms with Gasteiger partial charge in [0.1, 0.15) is 0 Å². The molecule has 4 N–H and O–H groups in total. The van der Waals surface area contributed by atoms with E-state index in [0.717, 1.165) is 11.1 Å². The van der Waals surface area contributed by atoms with Gasteiger partial charge in [-0.05, 0) is 39.2 Å². The topological polar surface area (TPSA) is 75.4 Å². The first-order chi connectivity index (χ1) is 9.61. The predicted octanol–water partition coefficient (Wildman–Crippen LogP) is 2.79. The van der Waals surface area contributed by atoms with Crippen LogP contribution in [-0.2, 0) is 17.8 Å². The first-order valence-corrected chi connectivity index (χ1v) is 6.95. The van der Waals surface area contributed by atoms with E-state index in [0.29, 0.717) is 16.7 Å². The van der Waals surface area contributed by atoms with Crippen LogP contribution in [0.4, 0.5) is 5.69 Å². The van der Waals surface area contributed by atoms with Gasteiger partial charge in [-0.1, -0.05) is 30.3 Å². The molecule has 0 aliphatic rings. The number of carbonyl (C=O) groups excluding carboxylic acids is 1. The third kappa shape index (κ3) is 3.37. The van der Waals surface area contributed by atoms with Gasteiger partial charge in [0.25, 0.3) is 0 Å². The molecule has 5 heteroatoms. The van der Waals surface area contributed by atoms with Crippen molar-refractivity contribution in [2.45, 2.75) is 13.0 Å². The predicted molar refractivity (Wildman–Crippen MR) is 82.5 cm³/mol. The van der Waals surface area contributed by atoms with Gasteiger partial charge in [0, 0.05) is 6.54 Å². The van der Waals surface area contributed by atoms with Crippen LogP contribution in [-0.4, -0.2) is 11.0 Å². The minimum absolute atomic E-state index is 0.0213. The number of aromatic hydroxyl groups is 1. The van der Waals surface area contributed by atoms with Crippen molar-refractivity contribution >= 4 is 27.5 Å². The number of hydrogen-bond acceptors (Lipinski definition) is 3. The van der Waals surface area contributed by atoms with Crippen molar-refractivity contribution in [2.24, 2.45) is 5.73 Å². The van der Waals surface area contributed by atoms with Gasteiger partial charge in [-0.25, -0.2) is 0 Å². The van der Waals surface area contributed by atoms with Crippen LogP contribution >= 0.6 is 15.9 Å². The van der Waals surface area contributed by atoms with Crippen LogP contribution in [0.15, 0.2) is 46.9 Å². The zero-order valence-corrected chi connectivity index (χ0v) is 12.4. The molecule has 1 amide bonds. The molecule has 0 atom stereocenters. The maximum atomic E-state index is 12.0. The third-order valence-corrected chi connectivity index (χ3v) is 3.59. The van der Waals surface area contributed by atoms with E-state index >= 15 is 0 Å². The average molecular weight is 335 g/mol. The summed E-state index contributed by atoms with van der Waals surface area (Å²) in [5.74, 6) is -0.174. The standard InChI is InChI=1S/C15H15BrN2O2/c16-12-6-3-7-13(15(12)20)18-14(19)8-10-4-1-2-5-11(10)9-17/h1-7,20H,8-9,17H2,(H,18,19). The molecule has 20 heavy (non-hydrogen) atoms. The lowest BCUT2D eigenvalue weighted by Gasteiger charge is -2.10. The minimum atomic E-state index is -0.195. The van der Waals surface area contributed by atoms with E-state index in [1.165, 1.54) is 0 Å². The van der Waals surface area contributed by atoms with Crippen molar-refractivity contribution in [2.75, 3.05) is 5.32 Å². The van der Waals surface area contributed by atoms with Crippen molar-refractivity contribution in [1.82, 2.24) is 0 Å². The van der Waals surface area contributed by atoms with Crippen LogP contribution < -0.4 is 11.1 Å². The number of phenolic OH excluding ortho intramolecular Hbond substituents is 1. The van der Waals surface area contributed by atoms with E-state index in [9.17, 15) is 9.90 Å². The van der Waals surface area contributed by atoms with Crippen molar-refractivity contribution in [3.8, 4) is 5.75 Å². The number of benzene rings is 2. The van der Waals surface area contributed by atoms with Gasteiger partial charge in [-0.3, -0.25) is 4.79 Å². The number of anilines is 1. The highest BCUT2D eigenvalue weighted by Gasteiger charge is 2.10. The lowest BCUT2D eigenvalue weighted by Crippen LogP contribution is -2.16. The van der Waals surface area contributed by atoms with E-state index in [1.807, 2.05) is 24.3 Å². The summed E-state index contributed by atoms with van der Waals surface area (Å²) in [4.78, 5) is 12.0. The van der Waals surface area contributed by atoms with Gasteiger partial charge in [0.15, 0.2) is 5.75 Å². The second-order valence-corrected chi connectivity index (χ2v) is 5.19. The SMILES string of the molecule is NCc1ccccc1CC(=O)Nc1cccc(Br)c1O. The summed E-state index contributed by atoms with van der Waals surface area (Å²) >= 11 is 3.21. The Labute approximate surface area is 125 Å². The number of amides is 1. The van der Waals surface area contributed by atoms with E-state index in [-0.39, 0.29) is 18.1 Å². The van der Waals surface area contributed by atoms with Crippen LogP contribution in [0.25, 0.3) is 0 Å². The Morgan fingerprint density at radius 2 is 1.85 bits per heavy atom. The highest BCUT2D eigenvalue weighted by atomic mass is 79.9. The summed E-state index contributed by atoms with van der Waals surface area (Å²) in [6, 6.07) is 12.6. The van der Waals surface area contributed by atoms with Gasteiger partial charge in [-0.2, -0.15) is 0 Å². The molecule has 0 aliphatic heterocycles. The van der Waals surface area contributed by atoms with Crippen molar-refractivity contribution in [1.29, 1.82) is 0 Å². The Balaban J connectivity index is 2.11. The Hall–Kier alpha value is -1.85. The van der Waals surface area contributed by atoms with Gasteiger partial charge in [0.05, 0.1) is 16.6 Å². The number of para-hydroxylation sites is 1. The molecule has 0 radical (unpaired) electrons. The molecule has 0 heterocycles. The fourth-order valence-electron chi connectivity index (χ4n) is 1.91. The van der Waals surface area contributed by atoms with E-state index in [1.54, 1.807) is 18.2 Å². The molecule has 104 valence electrons. The number of hydrogen-bond donors (Lipinski definition) is 3. The fraction of sp³-hybridized carbons (Fsp3) is 0.133. The van der Waals surface area contributed by atoms with Crippen LogP contribution in [0.5, 0.6) is 5.75 Å². The van der Waals surface area contributed by atoms with Crippen LogP contribution in [0, 0.1) is 0 Å². The van der Waals surface area contributed by atoms with Crippen LogP contribution in [0.1, 0.15) is 11.1 Å². The second kappa shape index (κ2) is 6.54. The first-order valence-electron chi connectivity index (χ1n) is 6.16. The lowest BCUT2D eigenvalue weighted by atomic mass is 10.0. The van der Waals surface area contributed by atoms with Crippen LogP contribution in [0.3, 0.4) is 0 Å². The molecule has 2 rings (SSSR count). The zero-order valence-electron chi connectivity index (χ0n) is 10.8. The molecule has 2 aromatic carbocycles. The van der Waals surface area contributed by atoms with Gasteiger partial charge < -0.3 is 16.2 Å². The third-order valence-electron chi connectivity index (χ3n) is 2.95. The number of rotatable bonds is 4. The molecule has 0 unspecified atom stereocenters. The molecule has 0 aliphatic carbocycles. The zero-order chi connectivity index (χ0) is 14.5. The minimum Gasteiger partial charge on any atom is -0.505 e. The van der Waals surface area contributed by atoms with Gasteiger partial charge in [0.2, 0.25) is 5.91 Å². The number of halogens is 1. The molecular formula is C15H15BrN2O2. The highest BCUT2D eigenvalue weighted by Crippen LogP contribution is 2.31. The van der Waals surface area contributed by atoms with Gasteiger partial charge in [-0.15, -0.1) is 0 Å². The molecule has 0 spiro atoms. The molecule has 0 aromatic heterocycles. The first kappa shape index (κ1) is 14.6. The molecule has 0 saturated carbocycles. The van der Waals surface area contributed by atoms with E-state index in [2.05, 4.69) is 21.2 Å². The molecule has 0 bridgehead atoms. The molecular weight excluding hydrogens is 320 g/mol. The number of carbonyl (C=O) groups is 1. The maximum absolute atomic E-state index is 12.0. The Morgan fingerprint density at radius 1 is 1.15 bits per heavy atom. The molecule has 2 aromatic rings. The summed E-state index contributed by atoms with van der Waals surface area (Å²) in [7, 11) is 0. The Kier molecular flexibility index (Phi) is 4.76. The average Bonchev–Trinajstić information content (AvgIpc) is 2.44. The highest BCUT2D eigenvalue weighted by molar-refractivity contribution is 9.10. The maximum Gasteiger partial charge on any atom is 0.228 e. The van der Waals surface area contributed by atoms with Crippen LogP contribution in [0.2, 0.25) is 0 Å². The summed E-state index contributed by atoms with van der Waals surface area (Å²) in [5.41, 5.74) is 7.87. The smallest absolute Gasteiger partial charge is 0.228 e. The summed E-state index contributed by atoms with van der Waals surface area (Å²) < 4.78 is 0.539. The normalized spacial score (nSPS) is 10.3. The molecule has 0 saturated heterocycles. The van der Waals surface area contributed by atoms with Crippen molar-refractivity contribution in [3.05, 3.63) is 58.1 Å². The Morgan fingerprint density at radius 3 is 2.55 bits per heavy atom. The Bertz CT molecular complexity index is 629. The largest absolute Gasteiger partial charge is 0.505 e. The monoisotopic (exact) mass is 334 g/mol. The summed E-state index contributed by atoms with van der Waals surface area (Å²) in [5, 5.41) is 12.5. The number of phenols is 1. The summed E-state index contributed by atoms with van der Waals surface area (Å²) in [6.07, 6.45) is 0.222. The van der Waals surface area contributed by atoms with Gasteiger partial charge >= 0.3 is 0 Å². The molecule has 0 fully saturated rings. The summed E-state index contributed by atoms with van der Waals surface area (Å²) in [6.45, 7) is 0.394. The fourth-order valence-corrected chi connectivity index (χ4v) is 2.28. The second-order valence-electron chi connectivity index (χ2n) is 4.33. The molecule has 4 nitrogen and oxygen atoms in total. The van der Waals surface area contributed by atoms with Crippen molar-refractivity contribution < 1.29 is 9.90 Å². The number of nitrogens with one attached hydrogen (secondary N) is 1. The van der Waals surface area contributed by atoms with Crippen molar-refractivity contribution in [3.63, 3.8) is 0 Å². The van der Waals surface area contributed by atoms with E-state index in [4.69, 9.17) is 5.73 Å². The lowest BCUT2D eigenvalue weighted by molar-refractivity contribution is -0.115. The van der Waals surface area contributed by atoms with E-state index < -0.39 is 0 Å².